The Bertz CT molecular complexity index is 508. The molecular formula is C34H67NO3. The van der Waals surface area contributed by atoms with Crippen LogP contribution in [0, 0.1) is 0 Å². The van der Waals surface area contributed by atoms with E-state index in [-0.39, 0.29) is 12.5 Å². The van der Waals surface area contributed by atoms with E-state index < -0.39 is 12.1 Å². The zero-order valence-electron chi connectivity index (χ0n) is 25.7. The molecule has 226 valence electrons. The largest absolute Gasteiger partial charge is 0.394 e. The summed E-state index contributed by atoms with van der Waals surface area (Å²) in [5, 5.41) is 23.0. The fourth-order valence-electron chi connectivity index (χ4n) is 5.13. The van der Waals surface area contributed by atoms with Crippen molar-refractivity contribution in [2.24, 2.45) is 0 Å². The Balaban J connectivity index is 3.57. The zero-order valence-corrected chi connectivity index (χ0v) is 25.7. The number of rotatable bonds is 30. The minimum absolute atomic E-state index is 0.0352. The number of nitrogens with one attached hydrogen (secondary N) is 1. The second kappa shape index (κ2) is 30.7. The van der Waals surface area contributed by atoms with E-state index in [2.05, 4.69) is 31.3 Å². The number of aliphatic hydroxyl groups is 2. The highest BCUT2D eigenvalue weighted by molar-refractivity contribution is 5.76. The van der Waals surface area contributed by atoms with Gasteiger partial charge in [-0.3, -0.25) is 4.79 Å². The highest BCUT2D eigenvalue weighted by atomic mass is 16.3. The van der Waals surface area contributed by atoms with Gasteiger partial charge in [-0.2, -0.15) is 0 Å². The van der Waals surface area contributed by atoms with Gasteiger partial charge in [0.2, 0.25) is 5.91 Å². The van der Waals surface area contributed by atoms with Crippen LogP contribution in [0.4, 0.5) is 0 Å². The molecule has 2 atom stereocenters. The van der Waals surface area contributed by atoms with E-state index in [4.69, 9.17) is 0 Å². The highest BCUT2D eigenvalue weighted by Crippen LogP contribution is 2.15. The Hall–Kier alpha value is -0.870. The molecule has 0 fully saturated rings. The smallest absolute Gasteiger partial charge is 0.220 e. The maximum atomic E-state index is 12.3. The van der Waals surface area contributed by atoms with Gasteiger partial charge in [-0.25, -0.2) is 0 Å². The molecule has 38 heavy (non-hydrogen) atoms. The summed E-state index contributed by atoms with van der Waals surface area (Å²) in [5.41, 5.74) is 0. The Morgan fingerprint density at radius 3 is 1.55 bits per heavy atom. The van der Waals surface area contributed by atoms with Gasteiger partial charge in [0.25, 0.3) is 0 Å². The van der Waals surface area contributed by atoms with Crippen molar-refractivity contribution in [3.63, 3.8) is 0 Å². The van der Waals surface area contributed by atoms with Gasteiger partial charge in [0.15, 0.2) is 0 Å². The van der Waals surface area contributed by atoms with Crippen molar-refractivity contribution in [1.29, 1.82) is 0 Å². The first kappa shape index (κ1) is 37.1. The Kier molecular flexibility index (Phi) is 30.0. The van der Waals surface area contributed by atoms with E-state index in [9.17, 15) is 15.0 Å². The normalized spacial score (nSPS) is 13.3. The second-order valence-electron chi connectivity index (χ2n) is 11.6. The Morgan fingerprint density at radius 2 is 1.05 bits per heavy atom. The van der Waals surface area contributed by atoms with Crippen LogP contribution in [0.25, 0.3) is 0 Å². The molecule has 0 spiro atoms. The van der Waals surface area contributed by atoms with Gasteiger partial charge in [-0.05, 0) is 32.1 Å². The quantitative estimate of drug-likeness (QED) is 0.0631. The number of allylic oxidation sites excluding steroid dienone is 2. The fourth-order valence-corrected chi connectivity index (χ4v) is 5.13. The van der Waals surface area contributed by atoms with Crippen LogP contribution < -0.4 is 5.32 Å². The molecule has 0 rings (SSSR count). The van der Waals surface area contributed by atoms with Gasteiger partial charge in [-0.1, -0.05) is 154 Å². The van der Waals surface area contributed by atoms with Gasteiger partial charge in [0.05, 0.1) is 18.8 Å². The first-order valence-electron chi connectivity index (χ1n) is 16.9. The number of carbonyl (C=O) groups is 1. The molecule has 4 nitrogen and oxygen atoms in total. The maximum absolute atomic E-state index is 12.3. The predicted molar refractivity (Wildman–Crippen MR) is 166 cm³/mol. The van der Waals surface area contributed by atoms with E-state index in [1.54, 1.807) is 0 Å². The third kappa shape index (κ3) is 26.7. The summed E-state index contributed by atoms with van der Waals surface area (Å²) in [6, 6.07) is -0.532. The van der Waals surface area contributed by atoms with E-state index in [0.717, 1.165) is 25.7 Å². The van der Waals surface area contributed by atoms with Crippen molar-refractivity contribution in [2.75, 3.05) is 6.61 Å². The van der Waals surface area contributed by atoms with Crippen LogP contribution >= 0.6 is 0 Å². The Labute approximate surface area is 237 Å². The van der Waals surface area contributed by atoms with E-state index in [0.29, 0.717) is 12.8 Å². The Morgan fingerprint density at radius 1 is 0.605 bits per heavy atom. The topological polar surface area (TPSA) is 69.6 Å². The summed E-state index contributed by atoms with van der Waals surface area (Å²) in [6.07, 6.45) is 35.4. The van der Waals surface area contributed by atoms with E-state index in [1.165, 1.54) is 128 Å². The zero-order chi connectivity index (χ0) is 27.9. The van der Waals surface area contributed by atoms with Crippen LogP contribution in [0.15, 0.2) is 12.2 Å². The molecule has 3 N–H and O–H groups in total. The molecule has 0 aromatic heterocycles. The van der Waals surface area contributed by atoms with Gasteiger partial charge >= 0.3 is 0 Å². The number of hydrogen-bond acceptors (Lipinski definition) is 3. The molecule has 0 aromatic carbocycles. The minimum atomic E-state index is -0.656. The number of carbonyl (C=O) groups excluding carboxylic acids is 1. The average molecular weight is 538 g/mol. The van der Waals surface area contributed by atoms with Crippen molar-refractivity contribution >= 4 is 5.91 Å². The molecule has 0 bridgehead atoms. The summed E-state index contributed by atoms with van der Waals surface area (Å²) in [4.78, 5) is 12.3. The first-order valence-corrected chi connectivity index (χ1v) is 16.9. The molecule has 0 aliphatic carbocycles. The van der Waals surface area contributed by atoms with Crippen LogP contribution in [-0.2, 0) is 4.79 Å². The fraction of sp³-hybridized carbons (Fsp3) is 0.912. The molecule has 4 heteroatoms. The maximum Gasteiger partial charge on any atom is 0.220 e. The third-order valence-corrected chi connectivity index (χ3v) is 7.76. The lowest BCUT2D eigenvalue weighted by molar-refractivity contribution is -0.123. The summed E-state index contributed by atoms with van der Waals surface area (Å²) >= 11 is 0. The molecule has 0 aliphatic rings. The monoisotopic (exact) mass is 538 g/mol. The van der Waals surface area contributed by atoms with Crippen LogP contribution in [0.5, 0.6) is 0 Å². The molecular weight excluding hydrogens is 470 g/mol. The highest BCUT2D eigenvalue weighted by Gasteiger charge is 2.19. The van der Waals surface area contributed by atoms with Crippen molar-refractivity contribution in [2.45, 2.75) is 193 Å². The predicted octanol–water partition coefficient (Wildman–Crippen LogP) is 9.56. The standard InChI is InChI=1S/C34H67NO3/c1-3-5-7-9-11-13-15-17-19-21-23-25-27-29-33(37)32(31-36)35-34(38)30-28-26-24-22-20-18-16-14-12-10-8-6-4-2/h7,9,32-33,36-37H,3-6,8,10-31H2,1-2H3,(H,35,38)/b9-7-/t32-,33+/m0/s1. The molecule has 0 saturated heterocycles. The molecule has 0 aliphatic heterocycles. The van der Waals surface area contributed by atoms with E-state index in [1.807, 2.05) is 0 Å². The van der Waals surface area contributed by atoms with Crippen molar-refractivity contribution in [3.05, 3.63) is 12.2 Å². The summed E-state index contributed by atoms with van der Waals surface area (Å²) in [6.45, 7) is 4.29. The van der Waals surface area contributed by atoms with Gasteiger partial charge in [0, 0.05) is 6.42 Å². The van der Waals surface area contributed by atoms with Crippen LogP contribution in [-0.4, -0.2) is 34.9 Å². The first-order chi connectivity index (χ1) is 18.7. The van der Waals surface area contributed by atoms with Crippen molar-refractivity contribution < 1.29 is 15.0 Å². The van der Waals surface area contributed by atoms with Gasteiger partial charge in [-0.15, -0.1) is 0 Å². The summed E-state index contributed by atoms with van der Waals surface area (Å²) in [7, 11) is 0. The van der Waals surface area contributed by atoms with E-state index >= 15 is 0 Å². The number of hydrogen-bond donors (Lipinski definition) is 3. The van der Waals surface area contributed by atoms with Crippen LogP contribution in [0.1, 0.15) is 181 Å². The minimum Gasteiger partial charge on any atom is -0.394 e. The number of amides is 1. The average Bonchev–Trinajstić information content (AvgIpc) is 2.92. The lowest BCUT2D eigenvalue weighted by atomic mass is 10.0. The lowest BCUT2D eigenvalue weighted by Gasteiger charge is -2.22. The molecule has 0 radical (unpaired) electrons. The van der Waals surface area contributed by atoms with Crippen LogP contribution in [0.3, 0.4) is 0 Å². The molecule has 0 heterocycles. The van der Waals surface area contributed by atoms with Gasteiger partial charge in [0.1, 0.15) is 0 Å². The lowest BCUT2D eigenvalue weighted by Crippen LogP contribution is -2.45. The van der Waals surface area contributed by atoms with Crippen molar-refractivity contribution in [3.8, 4) is 0 Å². The third-order valence-electron chi connectivity index (χ3n) is 7.76. The number of aliphatic hydroxyl groups excluding tert-OH is 2. The van der Waals surface area contributed by atoms with Crippen LogP contribution in [0.2, 0.25) is 0 Å². The second-order valence-corrected chi connectivity index (χ2v) is 11.6. The molecule has 0 saturated carbocycles. The SMILES string of the molecule is CCC/C=C\CCCCCCCCCC[C@@H](O)[C@H](CO)NC(=O)CCCCCCCCCCCCCCC. The van der Waals surface area contributed by atoms with Gasteiger partial charge < -0.3 is 15.5 Å². The van der Waals surface area contributed by atoms with Crippen molar-refractivity contribution in [1.82, 2.24) is 5.32 Å². The number of unbranched alkanes of at least 4 members (excludes halogenated alkanes) is 21. The molecule has 1 amide bonds. The summed E-state index contributed by atoms with van der Waals surface area (Å²) in [5.74, 6) is -0.0352. The molecule has 0 unspecified atom stereocenters. The molecule has 0 aromatic rings. The summed E-state index contributed by atoms with van der Waals surface area (Å²) < 4.78 is 0.